The molecule has 17 heavy (non-hydrogen) atoms. The van der Waals surface area contributed by atoms with Gasteiger partial charge in [-0.15, -0.1) is 0 Å². The van der Waals surface area contributed by atoms with Gasteiger partial charge in [-0.1, -0.05) is 58.4 Å². The van der Waals surface area contributed by atoms with Crippen molar-refractivity contribution in [3.63, 3.8) is 0 Å². The first-order valence-electron chi connectivity index (χ1n) is 6.16. The molecule has 1 aliphatic rings. The summed E-state index contributed by atoms with van der Waals surface area (Å²) in [6, 6.07) is 11.3. The molecule has 0 aliphatic heterocycles. The van der Waals surface area contributed by atoms with Crippen LogP contribution in [0.3, 0.4) is 0 Å². The maximum atomic E-state index is 3.45. The number of halogens is 1. The van der Waals surface area contributed by atoms with E-state index in [0.717, 1.165) is 11.8 Å². The molecule has 0 aromatic heterocycles. The molecule has 0 saturated carbocycles. The van der Waals surface area contributed by atoms with Crippen LogP contribution in [0.15, 0.2) is 36.4 Å². The van der Waals surface area contributed by atoms with Crippen LogP contribution in [0.25, 0.3) is 16.8 Å². The van der Waals surface area contributed by atoms with Crippen LogP contribution in [0.4, 0.5) is 0 Å². The van der Waals surface area contributed by atoms with Crippen LogP contribution in [-0.4, -0.2) is 5.33 Å². The average molecular weight is 287 g/mol. The number of benzene rings is 2. The highest BCUT2D eigenvalue weighted by atomic mass is 79.9. The predicted molar refractivity (Wildman–Crippen MR) is 78.8 cm³/mol. The van der Waals surface area contributed by atoms with Crippen molar-refractivity contribution < 1.29 is 0 Å². The molecule has 1 heteroatoms. The van der Waals surface area contributed by atoms with Gasteiger partial charge in [0.15, 0.2) is 0 Å². The van der Waals surface area contributed by atoms with Crippen molar-refractivity contribution in [2.75, 3.05) is 5.33 Å². The lowest BCUT2D eigenvalue weighted by Crippen LogP contribution is -1.82. The summed E-state index contributed by atoms with van der Waals surface area (Å²) in [5.74, 6) is 0. The number of hydrogen-bond acceptors (Lipinski definition) is 0. The molecular weight excluding hydrogens is 272 g/mol. The second kappa shape index (κ2) is 4.66. The van der Waals surface area contributed by atoms with E-state index in [2.05, 4.69) is 58.4 Å². The van der Waals surface area contributed by atoms with E-state index in [0.29, 0.717) is 0 Å². The van der Waals surface area contributed by atoms with Gasteiger partial charge in [0.25, 0.3) is 0 Å². The molecule has 0 radical (unpaired) electrons. The van der Waals surface area contributed by atoms with Crippen molar-refractivity contribution in [1.29, 1.82) is 0 Å². The summed E-state index contributed by atoms with van der Waals surface area (Å²) in [6.07, 6.45) is 8.00. The molecule has 0 heterocycles. The Morgan fingerprint density at radius 3 is 2.71 bits per heavy atom. The van der Waals surface area contributed by atoms with E-state index in [1.54, 1.807) is 0 Å². The number of aryl methyl sites for hydroxylation is 2. The van der Waals surface area contributed by atoms with Gasteiger partial charge in [-0.05, 0) is 46.7 Å². The Morgan fingerprint density at radius 2 is 1.88 bits per heavy atom. The van der Waals surface area contributed by atoms with Crippen LogP contribution < -0.4 is 0 Å². The molecule has 2 aromatic rings. The monoisotopic (exact) mass is 286 g/mol. The topological polar surface area (TPSA) is 0 Å². The lowest BCUT2D eigenvalue weighted by molar-refractivity contribution is 1.02. The van der Waals surface area contributed by atoms with Crippen LogP contribution in [0.5, 0.6) is 0 Å². The Bertz CT molecular complexity index is 571. The molecule has 2 aromatic carbocycles. The first-order chi connectivity index (χ1) is 8.40. The molecule has 86 valence electrons. The second-order valence-electron chi connectivity index (χ2n) is 4.53. The molecular formula is C16H15Br. The SMILES string of the molecule is BrCCC=Cc1ccc2c3c(cccc13)CC2. The molecule has 0 nitrogen and oxygen atoms in total. The summed E-state index contributed by atoms with van der Waals surface area (Å²) in [6.45, 7) is 0. The van der Waals surface area contributed by atoms with Crippen LogP contribution >= 0.6 is 15.9 Å². The number of hydrogen-bond donors (Lipinski definition) is 0. The van der Waals surface area contributed by atoms with Crippen molar-refractivity contribution in [2.45, 2.75) is 19.3 Å². The van der Waals surface area contributed by atoms with E-state index in [1.807, 2.05) is 0 Å². The van der Waals surface area contributed by atoms with Crippen LogP contribution in [-0.2, 0) is 12.8 Å². The van der Waals surface area contributed by atoms with Gasteiger partial charge >= 0.3 is 0 Å². The Hall–Kier alpha value is -1.08. The minimum absolute atomic E-state index is 1.03. The first-order valence-corrected chi connectivity index (χ1v) is 7.28. The van der Waals surface area contributed by atoms with E-state index in [1.165, 1.54) is 40.3 Å². The zero-order valence-electron chi connectivity index (χ0n) is 9.75. The van der Waals surface area contributed by atoms with Crippen LogP contribution in [0.2, 0.25) is 0 Å². The van der Waals surface area contributed by atoms with Gasteiger partial charge < -0.3 is 0 Å². The second-order valence-corrected chi connectivity index (χ2v) is 5.33. The minimum atomic E-state index is 1.03. The van der Waals surface area contributed by atoms with Gasteiger partial charge in [0.1, 0.15) is 0 Å². The molecule has 1 aliphatic carbocycles. The lowest BCUT2D eigenvalue weighted by atomic mass is 9.99. The molecule has 0 fully saturated rings. The van der Waals surface area contributed by atoms with Crippen LogP contribution in [0.1, 0.15) is 23.1 Å². The third-order valence-electron chi connectivity index (χ3n) is 3.48. The lowest BCUT2D eigenvalue weighted by Gasteiger charge is -2.05. The molecule has 0 amide bonds. The van der Waals surface area contributed by atoms with Gasteiger partial charge in [-0.2, -0.15) is 0 Å². The van der Waals surface area contributed by atoms with Crippen molar-refractivity contribution in [2.24, 2.45) is 0 Å². The maximum absolute atomic E-state index is 3.45. The van der Waals surface area contributed by atoms with Gasteiger partial charge in [-0.25, -0.2) is 0 Å². The molecule has 0 saturated heterocycles. The molecule has 0 atom stereocenters. The van der Waals surface area contributed by atoms with Crippen molar-refractivity contribution in [3.05, 3.63) is 53.1 Å². The molecule has 0 N–H and O–H groups in total. The number of rotatable bonds is 3. The van der Waals surface area contributed by atoms with E-state index in [9.17, 15) is 0 Å². The highest BCUT2D eigenvalue weighted by Gasteiger charge is 2.14. The van der Waals surface area contributed by atoms with Crippen molar-refractivity contribution in [3.8, 4) is 0 Å². The van der Waals surface area contributed by atoms with E-state index < -0.39 is 0 Å². The third kappa shape index (κ3) is 1.93. The minimum Gasteiger partial charge on any atom is -0.0925 e. The van der Waals surface area contributed by atoms with E-state index >= 15 is 0 Å². The number of alkyl halides is 1. The highest BCUT2D eigenvalue weighted by molar-refractivity contribution is 9.09. The van der Waals surface area contributed by atoms with Crippen LogP contribution in [0, 0.1) is 0 Å². The van der Waals surface area contributed by atoms with Gasteiger partial charge in [-0.3, -0.25) is 0 Å². The van der Waals surface area contributed by atoms with E-state index in [-0.39, 0.29) is 0 Å². The standard InChI is InChI=1S/C16H15Br/c17-11-2-1-4-12-7-8-14-10-9-13-5-3-6-15(12)16(13)14/h1,3-8H,2,9-11H2. The fourth-order valence-electron chi connectivity index (χ4n) is 2.69. The molecule has 0 spiro atoms. The average Bonchev–Trinajstić information content (AvgIpc) is 2.78. The summed E-state index contributed by atoms with van der Waals surface area (Å²) in [7, 11) is 0. The number of allylic oxidation sites excluding steroid dienone is 1. The third-order valence-corrected chi connectivity index (χ3v) is 3.94. The maximum Gasteiger partial charge on any atom is 0.00660 e. The van der Waals surface area contributed by atoms with Crippen molar-refractivity contribution >= 4 is 32.8 Å². The molecule has 3 rings (SSSR count). The van der Waals surface area contributed by atoms with E-state index in [4.69, 9.17) is 0 Å². The van der Waals surface area contributed by atoms with Crippen molar-refractivity contribution in [1.82, 2.24) is 0 Å². The molecule has 0 unspecified atom stereocenters. The first kappa shape index (κ1) is 11.0. The zero-order valence-corrected chi connectivity index (χ0v) is 11.3. The summed E-state index contributed by atoms with van der Waals surface area (Å²) < 4.78 is 0. The fourth-order valence-corrected chi connectivity index (χ4v) is 2.95. The summed E-state index contributed by atoms with van der Waals surface area (Å²) in [5.41, 5.74) is 4.40. The Morgan fingerprint density at radius 1 is 1.06 bits per heavy atom. The summed E-state index contributed by atoms with van der Waals surface area (Å²) >= 11 is 3.45. The van der Waals surface area contributed by atoms with Gasteiger partial charge in [0.2, 0.25) is 0 Å². The summed E-state index contributed by atoms with van der Waals surface area (Å²) in [5, 5.41) is 3.96. The van der Waals surface area contributed by atoms with Gasteiger partial charge in [0, 0.05) is 5.33 Å². The predicted octanol–water partition coefficient (Wildman–Crippen LogP) is 4.74. The normalized spacial score (nSPS) is 13.9. The Kier molecular flexibility index (Phi) is 3.02. The zero-order chi connectivity index (χ0) is 11.7. The highest BCUT2D eigenvalue weighted by Crippen LogP contribution is 2.33. The Labute approximate surface area is 110 Å². The quantitative estimate of drug-likeness (QED) is 0.715. The smallest absolute Gasteiger partial charge is 0.00660 e. The summed E-state index contributed by atoms with van der Waals surface area (Å²) in [4.78, 5) is 0. The molecule has 0 bridgehead atoms. The largest absolute Gasteiger partial charge is 0.0925 e. The Balaban J connectivity index is 2.15. The fraction of sp³-hybridized carbons (Fsp3) is 0.250. The van der Waals surface area contributed by atoms with Gasteiger partial charge in [0.05, 0.1) is 0 Å².